The number of methoxy groups -OCH3 is 3. The van der Waals surface area contributed by atoms with E-state index in [0.717, 1.165) is 20.3 Å². The Balaban J connectivity index is 1.51. The van der Waals surface area contributed by atoms with Crippen LogP contribution in [0.3, 0.4) is 0 Å². The van der Waals surface area contributed by atoms with E-state index in [0.29, 0.717) is 38.9 Å². The molecule has 4 aromatic rings. The van der Waals surface area contributed by atoms with Crippen LogP contribution >= 0.6 is 50.8 Å². The predicted molar refractivity (Wildman–Crippen MR) is 162 cm³/mol. The molecule has 2 amide bonds. The fraction of sp³-hybridized carbons (Fsp3) is 0.280. The normalized spacial score (nSPS) is 10.8. The zero-order valence-corrected chi connectivity index (χ0v) is 26.5. The average molecular weight is 681 g/mol. The Labute approximate surface area is 257 Å². The van der Waals surface area contributed by atoms with Gasteiger partial charge in [-0.15, -0.1) is 20.4 Å². The first kappa shape index (κ1) is 30.6. The first-order chi connectivity index (χ1) is 19.9. The van der Waals surface area contributed by atoms with E-state index < -0.39 is 0 Å². The fourth-order valence-electron chi connectivity index (χ4n) is 3.56. The van der Waals surface area contributed by atoms with E-state index in [4.69, 9.17) is 14.2 Å². The number of thioether (sulfide) groups is 2. The van der Waals surface area contributed by atoms with Gasteiger partial charge in [0.15, 0.2) is 26.8 Å². The van der Waals surface area contributed by atoms with E-state index in [9.17, 15) is 9.59 Å². The summed E-state index contributed by atoms with van der Waals surface area (Å²) in [6.07, 6.45) is 0. The minimum absolute atomic E-state index is 0.0635. The molecule has 41 heavy (non-hydrogen) atoms. The highest BCUT2D eigenvalue weighted by atomic mass is 79.9. The molecular formula is C25H26BrN7O5S3. The van der Waals surface area contributed by atoms with Crippen molar-refractivity contribution in [3.05, 3.63) is 52.3 Å². The molecule has 216 valence electrons. The van der Waals surface area contributed by atoms with E-state index in [1.807, 2.05) is 31.2 Å². The van der Waals surface area contributed by atoms with E-state index in [2.05, 4.69) is 47.0 Å². The minimum Gasteiger partial charge on any atom is -0.493 e. The lowest BCUT2D eigenvalue weighted by Gasteiger charge is -2.14. The number of ether oxygens (including phenoxy) is 3. The highest BCUT2D eigenvalue weighted by molar-refractivity contribution is 9.10. The van der Waals surface area contributed by atoms with Gasteiger partial charge >= 0.3 is 0 Å². The van der Waals surface area contributed by atoms with Gasteiger partial charge in [-0.2, -0.15) is 0 Å². The van der Waals surface area contributed by atoms with Crippen LogP contribution in [0, 0.1) is 0 Å². The number of hydrogen-bond acceptors (Lipinski definition) is 12. The summed E-state index contributed by atoms with van der Waals surface area (Å²) in [5.41, 5.74) is 1.08. The third-order valence-electron chi connectivity index (χ3n) is 5.37. The Morgan fingerprint density at radius 2 is 1.68 bits per heavy atom. The Kier molecular flexibility index (Phi) is 10.8. The molecule has 0 aliphatic heterocycles. The summed E-state index contributed by atoms with van der Waals surface area (Å²) in [5, 5.41) is 23.2. The molecule has 2 heterocycles. The van der Waals surface area contributed by atoms with Crippen LogP contribution in [0.4, 0.5) is 5.13 Å². The summed E-state index contributed by atoms with van der Waals surface area (Å²) in [6, 6.07) is 10.7. The zero-order valence-electron chi connectivity index (χ0n) is 22.5. The second-order valence-corrected chi connectivity index (χ2v) is 12.3. The fourth-order valence-corrected chi connectivity index (χ4v) is 6.26. The monoisotopic (exact) mass is 679 g/mol. The van der Waals surface area contributed by atoms with Crippen LogP contribution in [0.1, 0.15) is 23.1 Å². The number of anilines is 1. The van der Waals surface area contributed by atoms with Crippen LogP contribution < -0.4 is 24.8 Å². The number of carbonyl (C=O) groups excluding carboxylic acids is 2. The number of aromatic nitrogens is 5. The van der Waals surface area contributed by atoms with Gasteiger partial charge in [0.1, 0.15) is 0 Å². The lowest BCUT2D eigenvalue weighted by atomic mass is 10.1. The molecule has 0 aliphatic carbocycles. The molecule has 0 radical (unpaired) electrons. The lowest BCUT2D eigenvalue weighted by molar-refractivity contribution is -0.113. The quantitative estimate of drug-likeness (QED) is 0.150. The standard InChI is InChI=1S/C25H26BrN7O5S3/c1-5-39-25-32-30-23(41-25)28-20(34)13-40-24-31-29-19(33(24)16-8-6-15(26)7-9-16)12-27-22(35)14-10-17(36-2)21(38-4)18(11-14)37-3/h6-11H,5,12-13H2,1-4H3,(H,27,35)(H,28,30,34). The van der Waals surface area contributed by atoms with Crippen molar-refractivity contribution < 1.29 is 23.8 Å². The molecule has 0 bridgehead atoms. The molecule has 4 rings (SSSR count). The number of carbonyl (C=O) groups is 2. The van der Waals surface area contributed by atoms with Crippen molar-refractivity contribution in [2.45, 2.75) is 23.0 Å². The van der Waals surface area contributed by atoms with Crippen LogP contribution in [0.5, 0.6) is 17.2 Å². The number of halogens is 1. The summed E-state index contributed by atoms with van der Waals surface area (Å²) >= 11 is 7.55. The topological polar surface area (TPSA) is 142 Å². The van der Waals surface area contributed by atoms with Gasteiger partial charge in [-0.05, 0) is 42.2 Å². The number of nitrogens with zero attached hydrogens (tertiary/aromatic N) is 5. The van der Waals surface area contributed by atoms with Gasteiger partial charge in [0, 0.05) is 15.7 Å². The van der Waals surface area contributed by atoms with Crippen LogP contribution in [0.25, 0.3) is 5.69 Å². The molecule has 2 aromatic heterocycles. The van der Waals surface area contributed by atoms with Crippen LogP contribution in [0.2, 0.25) is 0 Å². The summed E-state index contributed by atoms with van der Waals surface area (Å²) in [6.45, 7) is 2.09. The van der Waals surface area contributed by atoms with Crippen molar-refractivity contribution in [2.24, 2.45) is 0 Å². The number of amides is 2. The molecule has 0 fully saturated rings. The second kappa shape index (κ2) is 14.5. The summed E-state index contributed by atoms with van der Waals surface area (Å²) in [7, 11) is 4.46. The van der Waals surface area contributed by atoms with E-state index in [1.54, 1.807) is 28.5 Å². The van der Waals surface area contributed by atoms with Crippen molar-refractivity contribution >= 4 is 67.7 Å². The predicted octanol–water partition coefficient (Wildman–Crippen LogP) is 4.68. The minimum atomic E-state index is -0.374. The Morgan fingerprint density at radius 3 is 2.32 bits per heavy atom. The van der Waals surface area contributed by atoms with Crippen LogP contribution in [-0.4, -0.2) is 69.6 Å². The smallest absolute Gasteiger partial charge is 0.251 e. The lowest BCUT2D eigenvalue weighted by Crippen LogP contribution is -2.25. The van der Waals surface area contributed by atoms with Crippen molar-refractivity contribution in [2.75, 3.05) is 38.2 Å². The van der Waals surface area contributed by atoms with Crippen LogP contribution in [-0.2, 0) is 11.3 Å². The molecule has 0 spiro atoms. The Bertz CT molecular complexity index is 1490. The van der Waals surface area contributed by atoms with Gasteiger partial charge in [-0.1, -0.05) is 57.7 Å². The van der Waals surface area contributed by atoms with Crippen LogP contribution in [0.15, 0.2) is 50.4 Å². The van der Waals surface area contributed by atoms with Gasteiger partial charge < -0.3 is 19.5 Å². The molecule has 12 nitrogen and oxygen atoms in total. The van der Waals surface area contributed by atoms with Crippen molar-refractivity contribution in [1.82, 2.24) is 30.3 Å². The molecule has 2 N–H and O–H groups in total. The Morgan fingerprint density at radius 1 is 0.976 bits per heavy atom. The van der Waals surface area contributed by atoms with Gasteiger partial charge in [-0.25, -0.2) is 0 Å². The third-order valence-corrected chi connectivity index (χ3v) is 8.68. The first-order valence-electron chi connectivity index (χ1n) is 12.0. The van der Waals surface area contributed by atoms with E-state index in [1.165, 1.54) is 44.4 Å². The van der Waals surface area contributed by atoms with Crippen molar-refractivity contribution in [1.29, 1.82) is 0 Å². The van der Waals surface area contributed by atoms with E-state index in [-0.39, 0.29) is 24.1 Å². The highest BCUT2D eigenvalue weighted by Crippen LogP contribution is 2.38. The highest BCUT2D eigenvalue weighted by Gasteiger charge is 2.20. The number of nitrogens with one attached hydrogen (secondary N) is 2. The largest absolute Gasteiger partial charge is 0.493 e. The molecular weight excluding hydrogens is 654 g/mol. The molecule has 16 heteroatoms. The maximum Gasteiger partial charge on any atom is 0.251 e. The zero-order chi connectivity index (χ0) is 29.4. The first-order valence-corrected chi connectivity index (χ1v) is 15.6. The maximum absolute atomic E-state index is 13.1. The van der Waals surface area contributed by atoms with Gasteiger partial charge in [-0.3, -0.25) is 19.5 Å². The second-order valence-electron chi connectivity index (χ2n) is 7.95. The van der Waals surface area contributed by atoms with Crippen molar-refractivity contribution in [3.8, 4) is 22.9 Å². The molecule has 0 atom stereocenters. The molecule has 0 aliphatic rings. The van der Waals surface area contributed by atoms with Crippen molar-refractivity contribution in [3.63, 3.8) is 0 Å². The molecule has 2 aromatic carbocycles. The van der Waals surface area contributed by atoms with Gasteiger partial charge in [0.05, 0.1) is 33.6 Å². The summed E-state index contributed by atoms with van der Waals surface area (Å²) in [4.78, 5) is 25.7. The summed E-state index contributed by atoms with van der Waals surface area (Å²) in [5.74, 6) is 1.90. The maximum atomic E-state index is 13.1. The Hall–Kier alpha value is -3.34. The number of benzene rings is 2. The molecule has 0 saturated carbocycles. The SMILES string of the molecule is CCSc1nnc(NC(=O)CSc2nnc(CNC(=O)c3cc(OC)c(OC)c(OC)c3)n2-c2ccc(Br)cc2)s1. The molecule has 0 saturated heterocycles. The summed E-state index contributed by atoms with van der Waals surface area (Å²) < 4.78 is 19.5. The average Bonchev–Trinajstić information content (AvgIpc) is 3.60. The van der Waals surface area contributed by atoms with Gasteiger partial charge in [0.25, 0.3) is 5.91 Å². The van der Waals surface area contributed by atoms with E-state index >= 15 is 0 Å². The van der Waals surface area contributed by atoms with Gasteiger partial charge in [0.2, 0.25) is 16.8 Å². The third kappa shape index (κ3) is 7.69. The number of hydrogen-bond donors (Lipinski definition) is 2. The molecule has 0 unspecified atom stereocenters. The number of rotatable bonds is 13.